The number of hydrogen-bond acceptors (Lipinski definition) is 5. The van der Waals surface area contributed by atoms with Crippen LogP contribution in [0.4, 0.5) is 5.69 Å². The summed E-state index contributed by atoms with van der Waals surface area (Å²) in [6.07, 6.45) is 2.81. The van der Waals surface area contributed by atoms with Crippen LogP contribution in [0.3, 0.4) is 0 Å². The third-order valence-corrected chi connectivity index (χ3v) is 5.08. The number of nitrogens with one attached hydrogen (secondary N) is 1. The summed E-state index contributed by atoms with van der Waals surface area (Å²) in [6, 6.07) is 9.88. The number of rotatable bonds is 7. The first-order chi connectivity index (χ1) is 13.6. The lowest BCUT2D eigenvalue weighted by Crippen LogP contribution is -2.05. The van der Waals surface area contributed by atoms with E-state index in [4.69, 9.17) is 21.7 Å². The van der Waals surface area contributed by atoms with Crippen LogP contribution < -0.4 is 5.32 Å². The summed E-state index contributed by atoms with van der Waals surface area (Å²) >= 11 is 8.04. The monoisotopic (exact) mass is 417 g/mol. The average molecular weight is 418 g/mol. The molecule has 2 heterocycles. The van der Waals surface area contributed by atoms with Crippen LogP contribution in [0, 0.1) is 5.92 Å². The Labute approximate surface area is 176 Å². The molecule has 0 spiro atoms. The molecule has 3 aromatic rings. The Balaban J connectivity index is 0.00000136. The summed E-state index contributed by atoms with van der Waals surface area (Å²) in [5.41, 5.74) is 4.83. The largest absolute Gasteiger partial charge is 0.395 e. The minimum Gasteiger partial charge on any atom is -0.395 e. The second kappa shape index (κ2) is 11.1. The molecule has 4 nitrogen and oxygen atoms in total. The number of pyridine rings is 1. The second-order valence-electron chi connectivity index (χ2n) is 6.52. The Hall–Kier alpha value is -1.95. The van der Waals surface area contributed by atoms with Gasteiger partial charge in [0.25, 0.3) is 0 Å². The first-order valence-corrected chi connectivity index (χ1v) is 10.9. The summed E-state index contributed by atoms with van der Waals surface area (Å²) in [4.78, 5) is 9.22. The normalized spacial score (nSPS) is 10.5. The van der Waals surface area contributed by atoms with Crippen LogP contribution in [-0.2, 0) is 6.42 Å². The fourth-order valence-corrected chi connectivity index (χ4v) is 3.80. The van der Waals surface area contributed by atoms with Gasteiger partial charge in [-0.25, -0.2) is 4.98 Å². The lowest BCUT2D eigenvalue weighted by atomic mass is 10.1. The Morgan fingerprint density at radius 3 is 2.64 bits per heavy atom. The number of halogens is 1. The summed E-state index contributed by atoms with van der Waals surface area (Å²) in [6.45, 7) is 8.96. The molecular weight excluding hydrogens is 390 g/mol. The van der Waals surface area contributed by atoms with E-state index in [2.05, 4.69) is 30.2 Å². The van der Waals surface area contributed by atoms with Gasteiger partial charge in [0.1, 0.15) is 5.01 Å². The van der Waals surface area contributed by atoms with Crippen LogP contribution in [0.2, 0.25) is 5.02 Å². The fraction of sp³-hybridized carbons (Fsp3) is 0.364. The van der Waals surface area contributed by atoms with Crippen molar-refractivity contribution in [3.8, 4) is 21.8 Å². The van der Waals surface area contributed by atoms with Crippen LogP contribution in [0.15, 0.2) is 41.9 Å². The van der Waals surface area contributed by atoms with E-state index >= 15 is 0 Å². The molecule has 0 unspecified atom stereocenters. The molecule has 2 N–H and O–H groups in total. The van der Waals surface area contributed by atoms with Crippen LogP contribution in [0.1, 0.15) is 33.4 Å². The number of nitrogens with zero attached hydrogens (tertiary/aromatic N) is 2. The van der Waals surface area contributed by atoms with Crippen molar-refractivity contribution in [2.45, 2.75) is 34.1 Å². The summed E-state index contributed by atoms with van der Waals surface area (Å²) in [7, 11) is 0. The van der Waals surface area contributed by atoms with Crippen molar-refractivity contribution >= 4 is 28.6 Å². The molecule has 0 amide bonds. The van der Waals surface area contributed by atoms with Gasteiger partial charge in [0.15, 0.2) is 0 Å². The molecule has 0 atom stereocenters. The molecule has 0 saturated heterocycles. The minimum absolute atomic E-state index is 0.0829. The summed E-state index contributed by atoms with van der Waals surface area (Å²) < 4.78 is 0. The maximum atomic E-state index is 8.90. The summed E-state index contributed by atoms with van der Waals surface area (Å²) in [5.74, 6) is 0.571. The highest BCUT2D eigenvalue weighted by molar-refractivity contribution is 7.13. The zero-order valence-electron chi connectivity index (χ0n) is 16.9. The van der Waals surface area contributed by atoms with Crippen molar-refractivity contribution in [1.29, 1.82) is 0 Å². The topological polar surface area (TPSA) is 58.0 Å². The minimum atomic E-state index is 0.0829. The molecule has 150 valence electrons. The molecule has 3 rings (SSSR count). The van der Waals surface area contributed by atoms with Crippen molar-refractivity contribution in [3.05, 3.63) is 52.6 Å². The first kappa shape index (κ1) is 22.3. The van der Waals surface area contributed by atoms with Crippen molar-refractivity contribution in [2.24, 2.45) is 5.92 Å². The molecule has 0 radical (unpaired) electrons. The number of thiazole rings is 1. The Bertz CT molecular complexity index is 880. The highest BCUT2D eigenvalue weighted by Gasteiger charge is 2.11. The highest BCUT2D eigenvalue weighted by Crippen LogP contribution is 2.34. The number of hydrogen-bond donors (Lipinski definition) is 2. The van der Waals surface area contributed by atoms with E-state index in [0.29, 0.717) is 17.5 Å². The maximum absolute atomic E-state index is 8.90. The van der Waals surface area contributed by atoms with E-state index in [1.807, 2.05) is 49.7 Å². The van der Waals surface area contributed by atoms with Gasteiger partial charge in [0, 0.05) is 40.6 Å². The third-order valence-electron chi connectivity index (χ3n) is 3.87. The van der Waals surface area contributed by atoms with E-state index in [9.17, 15) is 0 Å². The van der Waals surface area contributed by atoms with Crippen LogP contribution in [0.25, 0.3) is 21.8 Å². The number of benzene rings is 1. The quantitative estimate of drug-likeness (QED) is 0.483. The van der Waals surface area contributed by atoms with E-state index in [0.717, 1.165) is 39.6 Å². The molecule has 0 aliphatic carbocycles. The Morgan fingerprint density at radius 2 is 1.96 bits per heavy atom. The SMILES string of the molecule is CC.CC(C)Cc1cc(-c2nc(-c3ccc(NCCO)cc3Cl)cs2)ccn1. The van der Waals surface area contributed by atoms with Gasteiger partial charge >= 0.3 is 0 Å². The average Bonchev–Trinajstić information content (AvgIpc) is 3.17. The van der Waals surface area contributed by atoms with Gasteiger partial charge in [-0.15, -0.1) is 11.3 Å². The Morgan fingerprint density at radius 1 is 1.18 bits per heavy atom. The van der Waals surface area contributed by atoms with E-state index in [1.54, 1.807) is 11.3 Å². The van der Waals surface area contributed by atoms with Gasteiger partial charge in [-0.05, 0) is 42.7 Å². The number of aliphatic hydroxyl groups is 1. The van der Waals surface area contributed by atoms with Crippen LogP contribution >= 0.6 is 22.9 Å². The molecule has 6 heteroatoms. The molecule has 0 saturated carbocycles. The van der Waals surface area contributed by atoms with Gasteiger partial charge < -0.3 is 10.4 Å². The second-order valence-corrected chi connectivity index (χ2v) is 7.78. The molecular formula is C22H28ClN3OS. The van der Waals surface area contributed by atoms with Crippen molar-refractivity contribution in [3.63, 3.8) is 0 Å². The standard InChI is InChI=1S/C20H22ClN3OS.C2H6/c1-13(2)9-16-10-14(5-6-22-16)20-24-19(12-26-20)17-4-3-15(11-18(17)21)23-7-8-25;1-2/h3-6,10-13,23,25H,7-9H2,1-2H3;1-2H3. The lowest BCUT2D eigenvalue weighted by Gasteiger charge is -2.07. The predicted octanol–water partition coefficient (Wildman–Crippen LogP) is 6.15. The maximum Gasteiger partial charge on any atom is 0.124 e. The molecule has 0 aliphatic rings. The van der Waals surface area contributed by atoms with Crippen LogP contribution in [-0.4, -0.2) is 28.2 Å². The first-order valence-electron chi connectivity index (χ1n) is 9.62. The van der Waals surface area contributed by atoms with Crippen molar-refractivity contribution in [1.82, 2.24) is 9.97 Å². The van der Waals surface area contributed by atoms with E-state index in [1.165, 1.54) is 0 Å². The number of aromatic nitrogens is 2. The van der Waals surface area contributed by atoms with Crippen molar-refractivity contribution in [2.75, 3.05) is 18.5 Å². The fourth-order valence-electron chi connectivity index (χ4n) is 2.70. The molecule has 1 aromatic carbocycles. The molecule has 2 aromatic heterocycles. The Kier molecular flexibility index (Phi) is 8.90. The van der Waals surface area contributed by atoms with E-state index < -0.39 is 0 Å². The van der Waals surface area contributed by atoms with Gasteiger partial charge in [-0.3, -0.25) is 4.98 Å². The van der Waals surface area contributed by atoms with Gasteiger partial charge in [-0.1, -0.05) is 39.3 Å². The molecule has 0 fully saturated rings. The van der Waals surface area contributed by atoms with Gasteiger partial charge in [0.2, 0.25) is 0 Å². The smallest absolute Gasteiger partial charge is 0.124 e. The molecule has 0 bridgehead atoms. The van der Waals surface area contributed by atoms with Crippen LogP contribution in [0.5, 0.6) is 0 Å². The van der Waals surface area contributed by atoms with Crippen molar-refractivity contribution < 1.29 is 5.11 Å². The number of anilines is 1. The predicted molar refractivity (Wildman–Crippen MR) is 121 cm³/mol. The molecule has 28 heavy (non-hydrogen) atoms. The van der Waals surface area contributed by atoms with E-state index in [-0.39, 0.29) is 6.61 Å². The zero-order valence-corrected chi connectivity index (χ0v) is 18.4. The van der Waals surface area contributed by atoms with Gasteiger partial charge in [-0.2, -0.15) is 0 Å². The highest BCUT2D eigenvalue weighted by atomic mass is 35.5. The summed E-state index contributed by atoms with van der Waals surface area (Å²) in [5, 5.41) is 15.6. The molecule has 0 aliphatic heterocycles. The third kappa shape index (κ3) is 6.03. The van der Waals surface area contributed by atoms with Gasteiger partial charge in [0.05, 0.1) is 17.3 Å². The zero-order chi connectivity index (χ0) is 20.5. The number of aliphatic hydroxyl groups excluding tert-OH is 1. The lowest BCUT2D eigenvalue weighted by molar-refractivity contribution is 0.311.